The third kappa shape index (κ3) is 2.42. The second-order valence-electron chi connectivity index (χ2n) is 3.16. The van der Waals surface area contributed by atoms with Gasteiger partial charge >= 0.3 is 0 Å². The summed E-state index contributed by atoms with van der Waals surface area (Å²) in [5.41, 5.74) is 0.881. The van der Waals surface area contributed by atoms with E-state index in [9.17, 15) is 5.11 Å². The molecule has 64 valence electrons. The Labute approximate surface area is 73.4 Å². The zero-order valence-electron chi connectivity index (χ0n) is 7.49. The van der Waals surface area contributed by atoms with E-state index < -0.39 is 0 Å². The molecule has 0 fully saturated rings. The predicted molar refractivity (Wildman–Crippen MR) is 51.9 cm³/mol. The first-order chi connectivity index (χ1) is 5.70. The van der Waals surface area contributed by atoms with E-state index in [0.29, 0.717) is 11.7 Å². The molecule has 1 aromatic carbocycles. The van der Waals surface area contributed by atoms with Crippen molar-refractivity contribution in [3.63, 3.8) is 0 Å². The van der Waals surface area contributed by atoms with E-state index >= 15 is 0 Å². The summed E-state index contributed by atoms with van der Waals surface area (Å²) in [6.07, 6.45) is 1.84. The highest BCUT2D eigenvalue weighted by atomic mass is 16.3. The molecule has 1 rings (SSSR count). The van der Waals surface area contributed by atoms with Crippen LogP contribution in [0.5, 0.6) is 0 Å². The van der Waals surface area contributed by atoms with E-state index in [0.717, 1.165) is 5.56 Å². The molecule has 0 amide bonds. The first-order valence-electron chi connectivity index (χ1n) is 4.16. The fourth-order valence-corrected chi connectivity index (χ4v) is 1.02. The maximum absolute atomic E-state index is 9.55. The Morgan fingerprint density at radius 1 is 1.25 bits per heavy atom. The SMILES string of the molecule is CC(C)C=C(O)c1ccccc1. The lowest BCUT2D eigenvalue weighted by Crippen LogP contribution is -1.86. The summed E-state index contributed by atoms with van der Waals surface area (Å²) in [6, 6.07) is 9.56. The van der Waals surface area contributed by atoms with Gasteiger partial charge in [-0.25, -0.2) is 0 Å². The van der Waals surface area contributed by atoms with E-state index in [1.165, 1.54) is 0 Å². The fourth-order valence-electron chi connectivity index (χ4n) is 1.02. The van der Waals surface area contributed by atoms with Crippen molar-refractivity contribution in [1.29, 1.82) is 0 Å². The molecule has 1 heteroatoms. The van der Waals surface area contributed by atoms with E-state index in [1.807, 2.05) is 50.3 Å². The highest BCUT2D eigenvalue weighted by Crippen LogP contribution is 2.12. The van der Waals surface area contributed by atoms with Gasteiger partial charge in [0.1, 0.15) is 5.76 Å². The minimum Gasteiger partial charge on any atom is -0.508 e. The lowest BCUT2D eigenvalue weighted by atomic mass is 10.1. The first-order valence-corrected chi connectivity index (χ1v) is 4.16. The number of hydrogen-bond acceptors (Lipinski definition) is 1. The number of aliphatic hydroxyl groups is 1. The van der Waals surface area contributed by atoms with Gasteiger partial charge in [-0.3, -0.25) is 0 Å². The Kier molecular flexibility index (Phi) is 2.92. The van der Waals surface area contributed by atoms with Gasteiger partial charge < -0.3 is 5.11 Å². The molecule has 0 bridgehead atoms. The Hall–Kier alpha value is -1.24. The molecule has 0 saturated carbocycles. The van der Waals surface area contributed by atoms with Gasteiger partial charge in [0.15, 0.2) is 0 Å². The Morgan fingerprint density at radius 2 is 1.83 bits per heavy atom. The Bertz CT molecular complexity index is 260. The van der Waals surface area contributed by atoms with E-state index in [4.69, 9.17) is 0 Å². The van der Waals surface area contributed by atoms with Crippen LogP contribution in [-0.4, -0.2) is 5.11 Å². The van der Waals surface area contributed by atoms with Gasteiger partial charge in [-0.2, -0.15) is 0 Å². The summed E-state index contributed by atoms with van der Waals surface area (Å²) in [4.78, 5) is 0. The first kappa shape index (κ1) is 8.85. The summed E-state index contributed by atoms with van der Waals surface area (Å²) in [6.45, 7) is 4.08. The molecule has 1 aromatic rings. The van der Waals surface area contributed by atoms with Gasteiger partial charge in [-0.05, 0) is 12.0 Å². The molecule has 0 heterocycles. The molecule has 0 aromatic heterocycles. The molecule has 1 nitrogen and oxygen atoms in total. The number of hydrogen-bond donors (Lipinski definition) is 1. The third-order valence-electron chi connectivity index (χ3n) is 1.56. The molecule has 0 spiro atoms. The molecule has 0 aliphatic heterocycles. The standard InChI is InChI=1S/C11H14O/c1-9(2)8-11(12)10-6-4-3-5-7-10/h3-9,12H,1-2H3. The average Bonchev–Trinajstić information content (AvgIpc) is 2.05. The smallest absolute Gasteiger partial charge is 0.119 e. The van der Waals surface area contributed by atoms with Crippen LogP contribution in [0.4, 0.5) is 0 Å². The normalized spacial score (nSPS) is 12.1. The zero-order valence-corrected chi connectivity index (χ0v) is 7.49. The van der Waals surface area contributed by atoms with E-state index in [1.54, 1.807) is 0 Å². The largest absolute Gasteiger partial charge is 0.508 e. The van der Waals surface area contributed by atoms with Crippen molar-refractivity contribution < 1.29 is 5.11 Å². The van der Waals surface area contributed by atoms with Gasteiger partial charge in [0.2, 0.25) is 0 Å². The van der Waals surface area contributed by atoms with E-state index in [-0.39, 0.29) is 0 Å². The van der Waals surface area contributed by atoms with Crippen molar-refractivity contribution in [2.45, 2.75) is 13.8 Å². The molecule has 1 N–H and O–H groups in total. The fraction of sp³-hybridized carbons (Fsp3) is 0.273. The van der Waals surface area contributed by atoms with Crippen LogP contribution in [0, 0.1) is 5.92 Å². The maximum atomic E-state index is 9.55. The van der Waals surface area contributed by atoms with Gasteiger partial charge in [-0.1, -0.05) is 44.2 Å². The second kappa shape index (κ2) is 3.96. The van der Waals surface area contributed by atoms with Crippen LogP contribution in [0.25, 0.3) is 5.76 Å². The van der Waals surface area contributed by atoms with Crippen molar-refractivity contribution in [2.75, 3.05) is 0 Å². The Morgan fingerprint density at radius 3 is 2.33 bits per heavy atom. The molecule has 0 unspecified atom stereocenters. The Balaban J connectivity index is 2.85. The summed E-state index contributed by atoms with van der Waals surface area (Å²) in [5.74, 6) is 0.746. The quantitative estimate of drug-likeness (QED) is 0.662. The predicted octanol–water partition coefficient (Wildman–Crippen LogP) is 3.24. The molecule has 0 aliphatic rings. The molecular weight excluding hydrogens is 148 g/mol. The molecule has 12 heavy (non-hydrogen) atoms. The van der Waals surface area contributed by atoms with Crippen molar-refractivity contribution in [2.24, 2.45) is 5.92 Å². The van der Waals surface area contributed by atoms with Crippen LogP contribution < -0.4 is 0 Å². The molecule has 0 radical (unpaired) electrons. The van der Waals surface area contributed by atoms with Crippen LogP contribution >= 0.6 is 0 Å². The lowest BCUT2D eigenvalue weighted by Gasteiger charge is -2.01. The molecule has 0 atom stereocenters. The second-order valence-corrected chi connectivity index (χ2v) is 3.16. The van der Waals surface area contributed by atoms with Gasteiger partial charge in [-0.15, -0.1) is 0 Å². The molecule has 0 saturated heterocycles. The molecular formula is C11H14O. The molecule has 0 aliphatic carbocycles. The zero-order chi connectivity index (χ0) is 8.97. The summed E-state index contributed by atoms with van der Waals surface area (Å²) < 4.78 is 0. The van der Waals surface area contributed by atoms with Crippen LogP contribution in [0.1, 0.15) is 19.4 Å². The maximum Gasteiger partial charge on any atom is 0.119 e. The van der Waals surface area contributed by atoms with Gasteiger partial charge in [0, 0.05) is 5.56 Å². The van der Waals surface area contributed by atoms with Crippen LogP contribution in [0.15, 0.2) is 36.4 Å². The van der Waals surface area contributed by atoms with Crippen LogP contribution in [0.3, 0.4) is 0 Å². The number of rotatable bonds is 2. The van der Waals surface area contributed by atoms with Crippen LogP contribution in [0.2, 0.25) is 0 Å². The van der Waals surface area contributed by atoms with Gasteiger partial charge in [0.05, 0.1) is 0 Å². The van der Waals surface area contributed by atoms with Crippen molar-refractivity contribution in [3.05, 3.63) is 42.0 Å². The monoisotopic (exact) mass is 162 g/mol. The minimum absolute atomic E-state index is 0.366. The highest BCUT2D eigenvalue weighted by Gasteiger charge is 1.97. The number of benzene rings is 1. The summed E-state index contributed by atoms with van der Waals surface area (Å²) in [7, 11) is 0. The van der Waals surface area contributed by atoms with E-state index in [2.05, 4.69) is 0 Å². The number of aliphatic hydroxyl groups excluding tert-OH is 1. The van der Waals surface area contributed by atoms with Crippen molar-refractivity contribution in [3.8, 4) is 0 Å². The third-order valence-corrected chi connectivity index (χ3v) is 1.56. The average molecular weight is 162 g/mol. The van der Waals surface area contributed by atoms with Crippen molar-refractivity contribution in [1.82, 2.24) is 0 Å². The lowest BCUT2D eigenvalue weighted by molar-refractivity contribution is 0.506. The van der Waals surface area contributed by atoms with Gasteiger partial charge in [0.25, 0.3) is 0 Å². The summed E-state index contributed by atoms with van der Waals surface area (Å²) in [5, 5.41) is 9.55. The topological polar surface area (TPSA) is 20.2 Å². The summed E-state index contributed by atoms with van der Waals surface area (Å²) >= 11 is 0. The van der Waals surface area contributed by atoms with Crippen molar-refractivity contribution >= 4 is 5.76 Å². The highest BCUT2D eigenvalue weighted by molar-refractivity contribution is 5.58. The van der Waals surface area contributed by atoms with Crippen LogP contribution in [-0.2, 0) is 0 Å². The number of allylic oxidation sites excluding steroid dienone is 1. The minimum atomic E-state index is 0.366.